The molecule has 2 nitrogen and oxygen atoms in total. The van der Waals surface area contributed by atoms with Gasteiger partial charge in [-0.15, -0.1) is 0 Å². The molecule has 1 N–H and O–H groups in total. The van der Waals surface area contributed by atoms with Crippen LogP contribution in [-0.2, 0) is 6.42 Å². The van der Waals surface area contributed by atoms with Gasteiger partial charge < -0.3 is 10.2 Å². The van der Waals surface area contributed by atoms with E-state index in [1.807, 2.05) is 0 Å². The van der Waals surface area contributed by atoms with Crippen LogP contribution >= 0.6 is 0 Å². The molecule has 19 heavy (non-hydrogen) atoms. The Labute approximate surface area is 118 Å². The van der Waals surface area contributed by atoms with Gasteiger partial charge in [-0.25, -0.2) is 0 Å². The van der Waals surface area contributed by atoms with Crippen molar-refractivity contribution in [2.45, 2.75) is 51.6 Å². The number of rotatable bonds is 6. The van der Waals surface area contributed by atoms with Gasteiger partial charge in [-0.05, 0) is 51.8 Å². The predicted molar refractivity (Wildman–Crippen MR) is 82.5 cm³/mol. The Balaban J connectivity index is 1.70. The molecule has 2 unspecified atom stereocenters. The van der Waals surface area contributed by atoms with Crippen LogP contribution in [0.4, 0.5) is 0 Å². The van der Waals surface area contributed by atoms with E-state index < -0.39 is 0 Å². The van der Waals surface area contributed by atoms with Crippen molar-refractivity contribution in [2.24, 2.45) is 0 Å². The number of likely N-dealkylation sites (tertiary alicyclic amines) is 1. The molecule has 0 amide bonds. The van der Waals surface area contributed by atoms with E-state index in [0.717, 1.165) is 6.42 Å². The Morgan fingerprint density at radius 2 is 1.68 bits per heavy atom. The first kappa shape index (κ1) is 14.5. The fraction of sp³-hybridized carbons (Fsp3) is 0.647. The summed E-state index contributed by atoms with van der Waals surface area (Å²) in [5.41, 5.74) is 1.42. The molecule has 106 valence electrons. The van der Waals surface area contributed by atoms with Gasteiger partial charge in [0.15, 0.2) is 0 Å². The van der Waals surface area contributed by atoms with E-state index >= 15 is 0 Å². The molecule has 2 heteroatoms. The van der Waals surface area contributed by atoms with Crippen LogP contribution in [0.3, 0.4) is 0 Å². The molecule has 1 aliphatic heterocycles. The van der Waals surface area contributed by atoms with Crippen LogP contribution in [0.1, 0.15) is 38.7 Å². The first-order valence-electron chi connectivity index (χ1n) is 7.76. The summed E-state index contributed by atoms with van der Waals surface area (Å²) >= 11 is 0. The van der Waals surface area contributed by atoms with Crippen LogP contribution < -0.4 is 5.32 Å². The first-order valence-corrected chi connectivity index (χ1v) is 7.76. The Morgan fingerprint density at radius 1 is 1.00 bits per heavy atom. The summed E-state index contributed by atoms with van der Waals surface area (Å²) in [5, 5.41) is 3.73. The van der Waals surface area contributed by atoms with Crippen molar-refractivity contribution in [1.82, 2.24) is 10.2 Å². The lowest BCUT2D eigenvalue weighted by Gasteiger charge is -2.30. The zero-order valence-corrected chi connectivity index (χ0v) is 12.4. The molecule has 0 aromatic heterocycles. The summed E-state index contributed by atoms with van der Waals surface area (Å²) in [7, 11) is 0. The lowest BCUT2D eigenvalue weighted by molar-refractivity contribution is 0.205. The van der Waals surface area contributed by atoms with Crippen LogP contribution in [0.15, 0.2) is 30.3 Å². The van der Waals surface area contributed by atoms with E-state index in [2.05, 4.69) is 54.4 Å². The summed E-state index contributed by atoms with van der Waals surface area (Å²) in [6.45, 7) is 8.38. The fourth-order valence-electron chi connectivity index (χ4n) is 3.09. The van der Waals surface area contributed by atoms with Gasteiger partial charge in [-0.1, -0.05) is 36.8 Å². The highest BCUT2D eigenvalue weighted by Gasteiger charge is 2.14. The van der Waals surface area contributed by atoms with Crippen molar-refractivity contribution < 1.29 is 0 Å². The quantitative estimate of drug-likeness (QED) is 0.845. The van der Waals surface area contributed by atoms with Gasteiger partial charge in [0.2, 0.25) is 0 Å². The van der Waals surface area contributed by atoms with E-state index in [1.54, 1.807) is 0 Å². The first-order chi connectivity index (χ1) is 9.24. The number of piperidine rings is 1. The highest BCUT2D eigenvalue weighted by Crippen LogP contribution is 2.09. The number of hydrogen-bond donors (Lipinski definition) is 1. The third-order valence-electron chi connectivity index (χ3n) is 3.93. The normalized spacial score (nSPS) is 20.1. The maximum absolute atomic E-state index is 3.73. The molecule has 1 aliphatic rings. The molecule has 0 spiro atoms. The summed E-state index contributed by atoms with van der Waals surface area (Å²) in [6.07, 6.45) is 5.30. The molecule has 1 aromatic rings. The van der Waals surface area contributed by atoms with Crippen molar-refractivity contribution in [3.63, 3.8) is 0 Å². The van der Waals surface area contributed by atoms with Crippen LogP contribution in [0.2, 0.25) is 0 Å². The van der Waals surface area contributed by atoms with E-state index in [9.17, 15) is 0 Å². The molecule has 0 aliphatic carbocycles. The monoisotopic (exact) mass is 260 g/mol. The zero-order chi connectivity index (χ0) is 13.5. The molecular formula is C17H28N2. The molecule has 0 bridgehead atoms. The van der Waals surface area contributed by atoms with Gasteiger partial charge in [0, 0.05) is 18.6 Å². The lowest BCUT2D eigenvalue weighted by Crippen LogP contribution is -2.45. The van der Waals surface area contributed by atoms with Gasteiger partial charge >= 0.3 is 0 Å². The van der Waals surface area contributed by atoms with E-state index in [1.165, 1.54) is 44.5 Å². The summed E-state index contributed by atoms with van der Waals surface area (Å²) < 4.78 is 0. The third kappa shape index (κ3) is 5.33. The molecular weight excluding hydrogens is 232 g/mol. The molecule has 1 fully saturated rings. The molecule has 0 saturated carbocycles. The lowest BCUT2D eigenvalue weighted by atomic mass is 10.1. The largest absolute Gasteiger partial charge is 0.310 e. The van der Waals surface area contributed by atoms with Crippen LogP contribution in [0.5, 0.6) is 0 Å². The maximum Gasteiger partial charge on any atom is 0.0169 e. The number of benzene rings is 1. The number of nitrogens with one attached hydrogen (secondary N) is 1. The van der Waals surface area contributed by atoms with Gasteiger partial charge in [0.25, 0.3) is 0 Å². The molecule has 2 atom stereocenters. The second-order valence-electron chi connectivity index (χ2n) is 6.02. The van der Waals surface area contributed by atoms with Crippen LogP contribution in [0, 0.1) is 0 Å². The summed E-state index contributed by atoms with van der Waals surface area (Å²) in [4.78, 5) is 2.61. The van der Waals surface area contributed by atoms with E-state index in [-0.39, 0.29) is 0 Å². The standard InChI is InChI=1S/C17H28N2/c1-15(13-17-9-5-3-6-10-17)18-16(2)14-19-11-7-4-8-12-19/h3,5-6,9-10,15-16,18H,4,7-8,11-14H2,1-2H3. The molecule has 1 heterocycles. The Kier molecular flexibility index (Phi) is 5.87. The van der Waals surface area contributed by atoms with Crippen LogP contribution in [0.25, 0.3) is 0 Å². The number of nitrogens with zero attached hydrogens (tertiary/aromatic N) is 1. The summed E-state index contributed by atoms with van der Waals surface area (Å²) in [5.74, 6) is 0. The average Bonchev–Trinajstić information content (AvgIpc) is 2.40. The van der Waals surface area contributed by atoms with Gasteiger partial charge in [0.1, 0.15) is 0 Å². The number of hydrogen-bond acceptors (Lipinski definition) is 2. The van der Waals surface area contributed by atoms with Crippen molar-refractivity contribution in [3.05, 3.63) is 35.9 Å². The van der Waals surface area contributed by atoms with Crippen molar-refractivity contribution >= 4 is 0 Å². The van der Waals surface area contributed by atoms with Crippen molar-refractivity contribution in [2.75, 3.05) is 19.6 Å². The Hall–Kier alpha value is -0.860. The highest BCUT2D eigenvalue weighted by atomic mass is 15.2. The smallest absolute Gasteiger partial charge is 0.0169 e. The second kappa shape index (κ2) is 7.66. The topological polar surface area (TPSA) is 15.3 Å². The zero-order valence-electron chi connectivity index (χ0n) is 12.4. The average molecular weight is 260 g/mol. The molecule has 2 rings (SSSR count). The minimum Gasteiger partial charge on any atom is -0.310 e. The minimum atomic E-state index is 0.544. The van der Waals surface area contributed by atoms with Crippen LogP contribution in [-0.4, -0.2) is 36.6 Å². The second-order valence-corrected chi connectivity index (χ2v) is 6.02. The molecule has 1 saturated heterocycles. The highest BCUT2D eigenvalue weighted by molar-refractivity contribution is 5.15. The maximum atomic E-state index is 3.73. The van der Waals surface area contributed by atoms with E-state index in [0.29, 0.717) is 12.1 Å². The summed E-state index contributed by atoms with van der Waals surface area (Å²) in [6, 6.07) is 11.9. The predicted octanol–water partition coefficient (Wildman–Crippen LogP) is 3.08. The minimum absolute atomic E-state index is 0.544. The third-order valence-corrected chi connectivity index (χ3v) is 3.93. The molecule has 0 radical (unpaired) electrons. The van der Waals surface area contributed by atoms with Crippen molar-refractivity contribution in [1.29, 1.82) is 0 Å². The van der Waals surface area contributed by atoms with Gasteiger partial charge in [-0.2, -0.15) is 0 Å². The molecule has 1 aromatic carbocycles. The van der Waals surface area contributed by atoms with E-state index in [4.69, 9.17) is 0 Å². The fourth-order valence-corrected chi connectivity index (χ4v) is 3.09. The Bertz CT molecular complexity index is 344. The van der Waals surface area contributed by atoms with Gasteiger partial charge in [0.05, 0.1) is 0 Å². The van der Waals surface area contributed by atoms with Crippen molar-refractivity contribution in [3.8, 4) is 0 Å². The Morgan fingerprint density at radius 3 is 2.37 bits per heavy atom. The van der Waals surface area contributed by atoms with Gasteiger partial charge in [-0.3, -0.25) is 0 Å². The SMILES string of the molecule is CC(Cc1ccccc1)NC(C)CN1CCCCC1.